The second-order valence-electron chi connectivity index (χ2n) is 7.81. The molecule has 1 saturated heterocycles. The Morgan fingerprint density at radius 1 is 1.33 bits per heavy atom. The summed E-state index contributed by atoms with van der Waals surface area (Å²) in [6.45, 7) is 2.76. The lowest BCUT2D eigenvalue weighted by Gasteiger charge is -2.32. The van der Waals surface area contributed by atoms with E-state index in [1.807, 2.05) is 32.0 Å². The van der Waals surface area contributed by atoms with Crippen molar-refractivity contribution >= 4 is 31.9 Å². The van der Waals surface area contributed by atoms with Gasteiger partial charge in [0.05, 0.1) is 22.8 Å². The van der Waals surface area contributed by atoms with Crippen LogP contribution in [0.4, 0.5) is 0 Å². The van der Waals surface area contributed by atoms with Gasteiger partial charge in [0.25, 0.3) is 5.91 Å². The normalized spacial score (nSPS) is 19.0. The van der Waals surface area contributed by atoms with Crippen molar-refractivity contribution in [2.24, 2.45) is 0 Å². The first-order chi connectivity index (χ1) is 14.2. The van der Waals surface area contributed by atoms with E-state index in [9.17, 15) is 13.2 Å². The lowest BCUT2D eigenvalue weighted by atomic mass is 10.1. The molecule has 3 rings (SSSR count). The van der Waals surface area contributed by atoms with E-state index >= 15 is 0 Å². The minimum Gasteiger partial charge on any atom is -0.468 e. The number of furan rings is 1. The highest BCUT2D eigenvalue weighted by molar-refractivity contribution is 9.10. The van der Waals surface area contributed by atoms with E-state index in [1.165, 1.54) is 6.07 Å². The quantitative estimate of drug-likeness (QED) is 0.631. The van der Waals surface area contributed by atoms with Crippen LogP contribution in [0, 0.1) is 0 Å². The highest BCUT2D eigenvalue weighted by atomic mass is 79.9. The van der Waals surface area contributed by atoms with Crippen molar-refractivity contribution in [3.63, 3.8) is 0 Å². The number of carbonyl (C=O) groups excluding carboxylic acids is 1. The van der Waals surface area contributed by atoms with Crippen LogP contribution >= 0.6 is 15.9 Å². The fraction of sp³-hybridized carbons (Fsp3) is 0.476. The van der Waals surface area contributed by atoms with Crippen molar-refractivity contribution in [3.05, 3.63) is 52.4 Å². The fourth-order valence-electron chi connectivity index (χ4n) is 3.71. The molecule has 0 saturated carbocycles. The Kier molecular flexibility index (Phi) is 7.38. The molecule has 2 aromatic rings. The van der Waals surface area contributed by atoms with E-state index in [2.05, 4.69) is 21.2 Å². The van der Waals surface area contributed by atoms with Crippen LogP contribution in [0.15, 0.2) is 50.4 Å². The molecule has 0 bridgehead atoms. The molecule has 1 N–H and O–H groups in total. The molecule has 1 aromatic carbocycles. The summed E-state index contributed by atoms with van der Waals surface area (Å²) in [5.41, 5.74) is 0.290. The van der Waals surface area contributed by atoms with Gasteiger partial charge in [0.1, 0.15) is 5.76 Å². The SMILES string of the molecule is CC1CCCCN1S(=O)(=O)c1ccc(Br)c(C(=O)NCC(c2ccco2)N(C)C)c1. The maximum Gasteiger partial charge on any atom is 0.252 e. The highest BCUT2D eigenvalue weighted by Gasteiger charge is 2.31. The molecule has 0 aliphatic carbocycles. The zero-order chi connectivity index (χ0) is 21.9. The smallest absolute Gasteiger partial charge is 0.252 e. The minimum absolute atomic E-state index is 0.0428. The zero-order valence-electron chi connectivity index (χ0n) is 17.5. The number of likely N-dealkylation sites (N-methyl/N-ethyl adjacent to an activating group) is 1. The van der Waals surface area contributed by atoms with Crippen LogP contribution in [-0.4, -0.2) is 56.8 Å². The van der Waals surface area contributed by atoms with Gasteiger partial charge in [-0.15, -0.1) is 0 Å². The van der Waals surface area contributed by atoms with Crippen LogP contribution < -0.4 is 5.32 Å². The summed E-state index contributed by atoms with van der Waals surface area (Å²) in [4.78, 5) is 15.0. The highest BCUT2D eigenvalue weighted by Crippen LogP contribution is 2.28. The summed E-state index contributed by atoms with van der Waals surface area (Å²) >= 11 is 3.38. The van der Waals surface area contributed by atoms with Gasteiger partial charge in [-0.25, -0.2) is 8.42 Å². The summed E-state index contributed by atoms with van der Waals surface area (Å²) in [6.07, 6.45) is 4.33. The van der Waals surface area contributed by atoms with Gasteiger partial charge < -0.3 is 9.73 Å². The molecular formula is C21H28BrN3O4S. The molecule has 1 aliphatic rings. The molecule has 9 heteroatoms. The van der Waals surface area contributed by atoms with Crippen LogP contribution in [0.1, 0.15) is 48.3 Å². The number of nitrogens with one attached hydrogen (secondary N) is 1. The Morgan fingerprint density at radius 2 is 2.10 bits per heavy atom. The summed E-state index contributed by atoms with van der Waals surface area (Å²) in [7, 11) is 0.155. The molecule has 1 fully saturated rings. The number of hydrogen-bond acceptors (Lipinski definition) is 5. The van der Waals surface area contributed by atoms with Gasteiger partial charge in [0, 0.05) is 23.6 Å². The van der Waals surface area contributed by atoms with Crippen molar-refractivity contribution < 1.29 is 17.6 Å². The molecule has 2 heterocycles. The molecule has 1 amide bonds. The molecule has 1 aliphatic heterocycles. The first kappa shape index (κ1) is 23.0. The van der Waals surface area contributed by atoms with Gasteiger partial charge in [-0.3, -0.25) is 9.69 Å². The van der Waals surface area contributed by atoms with Crippen LogP contribution in [0.2, 0.25) is 0 Å². The Labute approximate surface area is 186 Å². The molecule has 0 spiro atoms. The van der Waals surface area contributed by atoms with Crippen molar-refractivity contribution in [1.82, 2.24) is 14.5 Å². The van der Waals surface area contributed by atoms with Gasteiger partial charge in [0.2, 0.25) is 10.0 Å². The molecule has 7 nitrogen and oxygen atoms in total. The van der Waals surface area contributed by atoms with Crippen molar-refractivity contribution in [1.29, 1.82) is 0 Å². The predicted molar refractivity (Wildman–Crippen MR) is 119 cm³/mol. The van der Waals surface area contributed by atoms with Crippen LogP contribution in [0.25, 0.3) is 0 Å². The number of hydrogen-bond donors (Lipinski definition) is 1. The first-order valence-corrected chi connectivity index (χ1v) is 12.2. The van der Waals surface area contributed by atoms with Gasteiger partial charge in [-0.1, -0.05) is 6.42 Å². The summed E-state index contributed by atoms with van der Waals surface area (Å²) in [6, 6.07) is 8.10. The number of piperidine rings is 1. The average molecular weight is 498 g/mol. The Balaban J connectivity index is 1.80. The molecule has 0 radical (unpaired) electrons. The monoisotopic (exact) mass is 497 g/mol. The lowest BCUT2D eigenvalue weighted by Crippen LogP contribution is -2.42. The fourth-order valence-corrected chi connectivity index (χ4v) is 5.86. The number of rotatable bonds is 7. The number of amides is 1. The molecule has 30 heavy (non-hydrogen) atoms. The van der Waals surface area contributed by atoms with E-state index in [4.69, 9.17) is 4.42 Å². The molecule has 2 unspecified atom stereocenters. The number of benzene rings is 1. The Morgan fingerprint density at radius 3 is 2.73 bits per heavy atom. The maximum absolute atomic E-state index is 13.2. The zero-order valence-corrected chi connectivity index (χ0v) is 19.9. The van der Waals surface area contributed by atoms with Gasteiger partial charge in [-0.05, 0) is 80.1 Å². The lowest BCUT2D eigenvalue weighted by molar-refractivity contribution is 0.0938. The average Bonchev–Trinajstić information content (AvgIpc) is 3.22. The van der Waals surface area contributed by atoms with Gasteiger partial charge >= 0.3 is 0 Å². The second kappa shape index (κ2) is 9.64. The third-order valence-electron chi connectivity index (χ3n) is 5.48. The summed E-state index contributed by atoms with van der Waals surface area (Å²) in [5, 5.41) is 2.90. The van der Waals surface area contributed by atoms with Crippen LogP contribution in [0.5, 0.6) is 0 Å². The number of nitrogens with zero attached hydrogens (tertiary/aromatic N) is 2. The van der Waals surface area contributed by atoms with E-state index in [1.54, 1.807) is 28.8 Å². The molecule has 1 aromatic heterocycles. The topological polar surface area (TPSA) is 82.9 Å². The Hall–Kier alpha value is -1.68. The van der Waals surface area contributed by atoms with Crippen molar-refractivity contribution in [2.75, 3.05) is 27.2 Å². The Bertz CT molecular complexity index is 976. The van der Waals surface area contributed by atoms with Crippen LogP contribution in [-0.2, 0) is 10.0 Å². The van der Waals surface area contributed by atoms with Gasteiger partial charge in [0.15, 0.2) is 0 Å². The van der Waals surface area contributed by atoms with E-state index in [-0.39, 0.29) is 28.4 Å². The molecule has 164 valence electrons. The maximum atomic E-state index is 13.2. The predicted octanol–water partition coefficient (Wildman–Crippen LogP) is 3.64. The van der Waals surface area contributed by atoms with Crippen LogP contribution in [0.3, 0.4) is 0 Å². The summed E-state index contributed by atoms with van der Waals surface area (Å²) < 4.78 is 33.9. The van der Waals surface area contributed by atoms with E-state index < -0.39 is 10.0 Å². The van der Waals surface area contributed by atoms with Gasteiger partial charge in [-0.2, -0.15) is 4.31 Å². The van der Waals surface area contributed by atoms with Crippen molar-refractivity contribution in [2.45, 2.75) is 43.2 Å². The largest absolute Gasteiger partial charge is 0.468 e. The van der Waals surface area contributed by atoms with E-state index in [0.717, 1.165) is 25.0 Å². The van der Waals surface area contributed by atoms with Crippen molar-refractivity contribution in [3.8, 4) is 0 Å². The second-order valence-corrected chi connectivity index (χ2v) is 10.6. The van der Waals surface area contributed by atoms with E-state index in [0.29, 0.717) is 17.6 Å². The number of halogens is 1. The molecule has 2 atom stereocenters. The summed E-state index contributed by atoms with van der Waals surface area (Å²) in [5.74, 6) is 0.402. The third kappa shape index (κ3) is 4.96. The third-order valence-corrected chi connectivity index (χ3v) is 8.18. The first-order valence-electron chi connectivity index (χ1n) is 10.0. The standard InChI is InChI=1S/C21H28BrN3O4S/c1-15-7-4-5-11-25(15)30(27,28)16-9-10-18(22)17(13-16)21(26)23-14-19(24(2)3)20-8-6-12-29-20/h6,8-10,12-13,15,19H,4-5,7,11,14H2,1-3H3,(H,23,26). The number of sulfonamides is 1. The molecular weight excluding hydrogens is 470 g/mol. The minimum atomic E-state index is -3.65. The number of carbonyl (C=O) groups is 1.